The minimum atomic E-state index is 0.715. The molecule has 9 heavy (non-hydrogen) atoms. The van der Waals surface area contributed by atoms with E-state index >= 15 is 0 Å². The first-order chi connectivity index (χ1) is 4.31. The first-order valence-corrected chi connectivity index (χ1v) is 3.56. The molecule has 2 nitrogen and oxygen atoms in total. The number of nitrogens with zero attached hydrogens (tertiary/aromatic N) is 1. The molecule has 0 aliphatic heterocycles. The van der Waals surface area contributed by atoms with Gasteiger partial charge in [0.2, 0.25) is 0 Å². The molecule has 0 rings (SSSR count). The molecule has 0 aromatic rings. The first kappa shape index (κ1) is 8.92. The Balaban J connectivity index is 2.95. The van der Waals surface area contributed by atoms with Crippen LogP contribution in [0.1, 0.15) is 19.8 Å². The summed E-state index contributed by atoms with van der Waals surface area (Å²) >= 11 is 0. The molecule has 0 heterocycles. The van der Waals surface area contributed by atoms with E-state index < -0.39 is 0 Å². The second-order valence-corrected chi connectivity index (χ2v) is 2.26. The molecule has 0 bridgehead atoms. The molecule has 0 saturated carbocycles. The highest BCUT2D eigenvalue weighted by molar-refractivity contribution is 4.54. The van der Waals surface area contributed by atoms with E-state index in [0.29, 0.717) is 6.54 Å². The number of unbranched alkanes of at least 4 members (excludes halogenated alkanes) is 1. The number of nitrogens with two attached hydrogens (primary N) is 1. The van der Waals surface area contributed by atoms with Crippen LogP contribution in [0.2, 0.25) is 0 Å². The molecule has 0 radical (unpaired) electrons. The molecular weight excluding hydrogens is 112 g/mol. The highest BCUT2D eigenvalue weighted by Gasteiger charge is 1.86. The van der Waals surface area contributed by atoms with Crippen molar-refractivity contribution in [3.05, 3.63) is 7.05 Å². The van der Waals surface area contributed by atoms with Gasteiger partial charge in [-0.3, -0.25) is 7.05 Å². The molecule has 0 aliphatic carbocycles. The van der Waals surface area contributed by atoms with Crippen molar-refractivity contribution in [3.8, 4) is 0 Å². The van der Waals surface area contributed by atoms with Gasteiger partial charge < -0.3 is 10.6 Å². The second-order valence-electron chi connectivity index (χ2n) is 2.26. The fourth-order valence-corrected chi connectivity index (χ4v) is 0.676. The molecule has 0 aromatic heterocycles. The minimum Gasteiger partial charge on any atom is -0.458 e. The molecule has 0 atom stereocenters. The van der Waals surface area contributed by atoms with Gasteiger partial charge in [0, 0.05) is 6.54 Å². The van der Waals surface area contributed by atoms with Crippen LogP contribution in [0.25, 0.3) is 0 Å². The van der Waals surface area contributed by atoms with Gasteiger partial charge in [-0.2, -0.15) is 0 Å². The fourth-order valence-electron chi connectivity index (χ4n) is 0.676. The monoisotopic (exact) mass is 129 g/mol. The van der Waals surface area contributed by atoms with Gasteiger partial charge in [0.05, 0.1) is 0 Å². The summed E-state index contributed by atoms with van der Waals surface area (Å²) in [5.74, 6) is 0. The lowest BCUT2D eigenvalue weighted by Gasteiger charge is -2.23. The molecule has 0 aliphatic rings. The Labute approximate surface area is 58.0 Å². The van der Waals surface area contributed by atoms with Gasteiger partial charge >= 0.3 is 0 Å². The predicted molar refractivity (Wildman–Crippen MR) is 40.9 cm³/mol. The van der Waals surface area contributed by atoms with Crippen LogP contribution in [0.15, 0.2) is 0 Å². The van der Waals surface area contributed by atoms with E-state index in [1.165, 1.54) is 12.8 Å². The van der Waals surface area contributed by atoms with Crippen molar-refractivity contribution in [2.75, 3.05) is 19.6 Å². The Hall–Kier alpha value is -0.0800. The summed E-state index contributed by atoms with van der Waals surface area (Å²) in [5.41, 5.74) is 5.32. The molecule has 2 N–H and O–H groups in total. The van der Waals surface area contributed by atoms with Gasteiger partial charge in [-0.05, 0) is 19.5 Å². The minimum absolute atomic E-state index is 0.715. The Morgan fingerprint density at radius 2 is 2.11 bits per heavy atom. The molecule has 0 unspecified atom stereocenters. The molecule has 56 valence electrons. The Kier molecular flexibility index (Phi) is 5.99. The van der Waals surface area contributed by atoms with E-state index in [1.54, 1.807) is 0 Å². The van der Waals surface area contributed by atoms with Crippen molar-refractivity contribution < 1.29 is 0 Å². The maximum absolute atomic E-state index is 5.32. The predicted octanol–water partition coefficient (Wildman–Crippen LogP) is 0.839. The summed E-state index contributed by atoms with van der Waals surface area (Å²) in [6.07, 6.45) is 2.46. The molecule has 0 amide bonds. The third kappa shape index (κ3) is 5.80. The van der Waals surface area contributed by atoms with E-state index in [1.807, 2.05) is 4.90 Å². The SMILES string of the molecule is [CH2-]N(CCN)CCCC. The maximum Gasteiger partial charge on any atom is 0.00267 e. The molecule has 0 fully saturated rings. The van der Waals surface area contributed by atoms with E-state index in [-0.39, 0.29) is 0 Å². The van der Waals surface area contributed by atoms with Crippen LogP contribution in [0.4, 0.5) is 0 Å². The third-order valence-corrected chi connectivity index (χ3v) is 1.27. The van der Waals surface area contributed by atoms with E-state index in [9.17, 15) is 0 Å². The molecule has 0 spiro atoms. The van der Waals surface area contributed by atoms with Crippen molar-refractivity contribution in [1.29, 1.82) is 0 Å². The highest BCUT2D eigenvalue weighted by Crippen LogP contribution is 1.90. The highest BCUT2D eigenvalue weighted by atomic mass is 15.1. The average molecular weight is 129 g/mol. The zero-order valence-electron chi connectivity index (χ0n) is 6.27. The van der Waals surface area contributed by atoms with Crippen LogP contribution in [0.3, 0.4) is 0 Å². The standard InChI is InChI=1S/C7H17N2/c1-3-4-6-9(2)7-5-8/h2-8H2,1H3/q-1. The Bertz CT molecular complexity index is 54.9. The van der Waals surface area contributed by atoms with Crippen LogP contribution in [0.5, 0.6) is 0 Å². The zero-order chi connectivity index (χ0) is 7.11. The van der Waals surface area contributed by atoms with Crippen molar-refractivity contribution in [3.63, 3.8) is 0 Å². The Morgan fingerprint density at radius 3 is 2.56 bits per heavy atom. The normalized spacial score (nSPS) is 10.7. The van der Waals surface area contributed by atoms with Crippen molar-refractivity contribution in [1.82, 2.24) is 4.90 Å². The molecule has 0 aromatic carbocycles. The van der Waals surface area contributed by atoms with E-state index in [2.05, 4.69) is 14.0 Å². The van der Waals surface area contributed by atoms with Crippen LogP contribution in [0, 0.1) is 7.05 Å². The maximum atomic E-state index is 5.32. The lowest BCUT2D eigenvalue weighted by atomic mass is 10.3. The topological polar surface area (TPSA) is 29.3 Å². The lowest BCUT2D eigenvalue weighted by molar-refractivity contribution is 0.371. The number of hydrogen-bond acceptors (Lipinski definition) is 2. The summed E-state index contributed by atoms with van der Waals surface area (Å²) < 4.78 is 0. The van der Waals surface area contributed by atoms with Gasteiger partial charge in [0.15, 0.2) is 0 Å². The average Bonchev–Trinajstić information content (AvgIpc) is 1.85. The van der Waals surface area contributed by atoms with Crippen LogP contribution >= 0.6 is 0 Å². The summed E-state index contributed by atoms with van der Waals surface area (Å²) in [4.78, 5) is 2.02. The van der Waals surface area contributed by atoms with Crippen molar-refractivity contribution in [2.24, 2.45) is 5.73 Å². The molecular formula is C7H17N2-. The van der Waals surface area contributed by atoms with Crippen molar-refractivity contribution in [2.45, 2.75) is 19.8 Å². The van der Waals surface area contributed by atoms with E-state index in [0.717, 1.165) is 13.1 Å². The summed E-state index contributed by atoms with van der Waals surface area (Å²) in [7, 11) is 3.82. The second kappa shape index (κ2) is 6.05. The van der Waals surface area contributed by atoms with Gasteiger partial charge in [-0.15, -0.1) is 0 Å². The molecule has 0 saturated heterocycles. The van der Waals surface area contributed by atoms with Gasteiger partial charge in [0.25, 0.3) is 0 Å². The first-order valence-electron chi connectivity index (χ1n) is 3.56. The molecule has 2 heteroatoms. The van der Waals surface area contributed by atoms with Gasteiger partial charge in [0.1, 0.15) is 0 Å². The number of hydrogen-bond donors (Lipinski definition) is 1. The van der Waals surface area contributed by atoms with Crippen LogP contribution in [-0.4, -0.2) is 24.5 Å². The van der Waals surface area contributed by atoms with Crippen LogP contribution in [-0.2, 0) is 0 Å². The number of rotatable bonds is 5. The summed E-state index contributed by atoms with van der Waals surface area (Å²) in [6.45, 7) is 4.89. The quantitative estimate of drug-likeness (QED) is 0.557. The fraction of sp³-hybridized carbons (Fsp3) is 0.857. The smallest absolute Gasteiger partial charge is 0.00267 e. The lowest BCUT2D eigenvalue weighted by Crippen LogP contribution is -2.24. The summed E-state index contributed by atoms with van der Waals surface area (Å²) in [6, 6.07) is 0. The Morgan fingerprint density at radius 1 is 1.44 bits per heavy atom. The van der Waals surface area contributed by atoms with E-state index in [4.69, 9.17) is 5.73 Å². The van der Waals surface area contributed by atoms with Gasteiger partial charge in [-0.25, -0.2) is 0 Å². The summed E-state index contributed by atoms with van der Waals surface area (Å²) in [5, 5.41) is 0. The van der Waals surface area contributed by atoms with Crippen molar-refractivity contribution >= 4 is 0 Å². The van der Waals surface area contributed by atoms with Crippen LogP contribution < -0.4 is 5.73 Å². The van der Waals surface area contributed by atoms with Gasteiger partial charge in [-0.1, -0.05) is 13.3 Å². The third-order valence-electron chi connectivity index (χ3n) is 1.27. The zero-order valence-corrected chi connectivity index (χ0v) is 6.27. The largest absolute Gasteiger partial charge is 0.458 e.